The fourth-order valence-electron chi connectivity index (χ4n) is 2.25. The van der Waals surface area contributed by atoms with E-state index in [0.717, 1.165) is 12.5 Å². The Balaban J connectivity index is 2.09. The van der Waals surface area contributed by atoms with Gasteiger partial charge in [0.05, 0.1) is 13.1 Å². The Kier molecular flexibility index (Phi) is 4.98. The summed E-state index contributed by atoms with van der Waals surface area (Å²) in [4.78, 5) is 8.72. The number of aliphatic imine (C=N–C) groups is 1. The molecular formula is C16H23N5. The summed E-state index contributed by atoms with van der Waals surface area (Å²) >= 11 is 0. The average Bonchev–Trinajstić information content (AvgIpc) is 2.91. The second-order valence-electron chi connectivity index (χ2n) is 5.43. The SMILES string of the molecule is CN(C)C(=NCc1cccc(Cn2cccn2)c1)N(C)C. The summed E-state index contributed by atoms with van der Waals surface area (Å²) < 4.78 is 1.92. The normalized spacial score (nSPS) is 10.3. The van der Waals surface area contributed by atoms with Gasteiger partial charge in [0.25, 0.3) is 0 Å². The van der Waals surface area contributed by atoms with Crippen LogP contribution < -0.4 is 0 Å². The van der Waals surface area contributed by atoms with Crippen molar-refractivity contribution < 1.29 is 0 Å². The minimum Gasteiger partial charge on any atom is -0.349 e. The molecule has 2 aromatic rings. The maximum Gasteiger partial charge on any atom is 0.195 e. The van der Waals surface area contributed by atoms with E-state index in [2.05, 4.69) is 34.4 Å². The highest BCUT2D eigenvalue weighted by molar-refractivity contribution is 5.79. The highest BCUT2D eigenvalue weighted by atomic mass is 15.3. The van der Waals surface area contributed by atoms with E-state index in [0.29, 0.717) is 6.54 Å². The van der Waals surface area contributed by atoms with Gasteiger partial charge in [0.1, 0.15) is 0 Å². The van der Waals surface area contributed by atoms with Crippen LogP contribution in [0.3, 0.4) is 0 Å². The van der Waals surface area contributed by atoms with Crippen molar-refractivity contribution in [2.24, 2.45) is 4.99 Å². The van der Waals surface area contributed by atoms with Crippen LogP contribution >= 0.6 is 0 Å². The third-order valence-electron chi connectivity index (χ3n) is 3.10. The molecule has 5 heteroatoms. The molecule has 0 radical (unpaired) electrons. The molecule has 0 spiro atoms. The molecule has 0 unspecified atom stereocenters. The van der Waals surface area contributed by atoms with E-state index < -0.39 is 0 Å². The van der Waals surface area contributed by atoms with Crippen molar-refractivity contribution in [1.29, 1.82) is 0 Å². The lowest BCUT2D eigenvalue weighted by atomic mass is 10.1. The number of rotatable bonds is 4. The molecule has 0 bridgehead atoms. The number of nitrogens with zero attached hydrogens (tertiary/aromatic N) is 5. The zero-order valence-corrected chi connectivity index (χ0v) is 13.2. The monoisotopic (exact) mass is 285 g/mol. The van der Waals surface area contributed by atoms with Crippen LogP contribution in [0.5, 0.6) is 0 Å². The van der Waals surface area contributed by atoms with Crippen molar-refractivity contribution >= 4 is 5.96 Å². The molecule has 0 saturated carbocycles. The third-order valence-corrected chi connectivity index (χ3v) is 3.10. The molecule has 5 nitrogen and oxygen atoms in total. The molecule has 112 valence electrons. The van der Waals surface area contributed by atoms with E-state index >= 15 is 0 Å². The highest BCUT2D eigenvalue weighted by Gasteiger charge is 2.04. The van der Waals surface area contributed by atoms with Gasteiger partial charge in [-0.25, -0.2) is 4.99 Å². The van der Waals surface area contributed by atoms with Gasteiger partial charge >= 0.3 is 0 Å². The van der Waals surface area contributed by atoms with Crippen molar-refractivity contribution in [3.05, 3.63) is 53.9 Å². The summed E-state index contributed by atoms with van der Waals surface area (Å²) in [5.74, 6) is 0.965. The van der Waals surface area contributed by atoms with Crippen LogP contribution in [0.2, 0.25) is 0 Å². The molecule has 1 heterocycles. The summed E-state index contributed by atoms with van der Waals surface area (Å²) in [6.45, 7) is 1.47. The molecule has 0 aliphatic heterocycles. The minimum atomic E-state index is 0.679. The van der Waals surface area contributed by atoms with E-state index in [1.165, 1.54) is 11.1 Å². The first-order valence-electron chi connectivity index (χ1n) is 7.00. The Morgan fingerprint density at radius 2 is 1.81 bits per heavy atom. The van der Waals surface area contributed by atoms with Crippen LogP contribution in [0.25, 0.3) is 0 Å². The van der Waals surface area contributed by atoms with Crippen LogP contribution in [0.4, 0.5) is 0 Å². The maximum absolute atomic E-state index is 4.68. The number of hydrogen-bond donors (Lipinski definition) is 0. The first-order chi connectivity index (χ1) is 10.1. The van der Waals surface area contributed by atoms with Crippen LogP contribution in [0.1, 0.15) is 11.1 Å². The fraction of sp³-hybridized carbons (Fsp3) is 0.375. The van der Waals surface area contributed by atoms with Gasteiger partial charge in [-0.3, -0.25) is 4.68 Å². The van der Waals surface area contributed by atoms with E-state index in [9.17, 15) is 0 Å². The van der Waals surface area contributed by atoms with Gasteiger partial charge in [0, 0.05) is 40.6 Å². The van der Waals surface area contributed by atoms with Gasteiger partial charge in [-0.2, -0.15) is 5.10 Å². The van der Waals surface area contributed by atoms with E-state index in [-0.39, 0.29) is 0 Å². The highest BCUT2D eigenvalue weighted by Crippen LogP contribution is 2.08. The number of guanidine groups is 1. The summed E-state index contributed by atoms with van der Waals surface area (Å²) in [6, 6.07) is 10.4. The van der Waals surface area contributed by atoms with Gasteiger partial charge in [0.15, 0.2) is 5.96 Å². The molecule has 0 fully saturated rings. The lowest BCUT2D eigenvalue weighted by Crippen LogP contribution is -2.35. The van der Waals surface area contributed by atoms with Gasteiger partial charge in [0.2, 0.25) is 0 Å². The minimum absolute atomic E-state index is 0.679. The standard InChI is InChI=1S/C16H23N5/c1-19(2)16(20(3)4)17-12-14-7-5-8-15(11-14)13-21-10-6-9-18-21/h5-11H,12-13H2,1-4H3. The summed E-state index contributed by atoms with van der Waals surface area (Å²) in [6.07, 6.45) is 3.77. The largest absolute Gasteiger partial charge is 0.349 e. The van der Waals surface area contributed by atoms with Crippen molar-refractivity contribution in [3.63, 3.8) is 0 Å². The molecule has 2 rings (SSSR count). The van der Waals surface area contributed by atoms with Crippen LogP contribution in [-0.2, 0) is 13.1 Å². The van der Waals surface area contributed by atoms with E-state index in [1.807, 2.05) is 54.9 Å². The molecule has 21 heavy (non-hydrogen) atoms. The van der Waals surface area contributed by atoms with Crippen molar-refractivity contribution in [2.45, 2.75) is 13.1 Å². The first-order valence-corrected chi connectivity index (χ1v) is 7.00. The Labute approximate surface area is 126 Å². The van der Waals surface area contributed by atoms with E-state index in [1.54, 1.807) is 6.20 Å². The van der Waals surface area contributed by atoms with Gasteiger partial charge < -0.3 is 9.80 Å². The van der Waals surface area contributed by atoms with Gasteiger partial charge in [-0.1, -0.05) is 24.3 Å². The van der Waals surface area contributed by atoms with Crippen LogP contribution in [0, 0.1) is 0 Å². The quantitative estimate of drug-likeness (QED) is 0.636. The molecule has 0 atom stereocenters. The third kappa shape index (κ3) is 4.34. The number of aromatic nitrogens is 2. The Morgan fingerprint density at radius 3 is 2.43 bits per heavy atom. The molecule has 0 saturated heterocycles. The average molecular weight is 285 g/mol. The first kappa shape index (κ1) is 15.1. The summed E-state index contributed by atoms with van der Waals surface area (Å²) in [5, 5.41) is 4.24. The van der Waals surface area contributed by atoms with E-state index in [4.69, 9.17) is 0 Å². The van der Waals surface area contributed by atoms with Crippen LogP contribution in [0.15, 0.2) is 47.7 Å². The van der Waals surface area contributed by atoms with Crippen LogP contribution in [-0.4, -0.2) is 53.7 Å². The van der Waals surface area contributed by atoms with Crippen molar-refractivity contribution in [3.8, 4) is 0 Å². The molecule has 0 aliphatic rings. The molecule has 0 N–H and O–H groups in total. The Morgan fingerprint density at radius 1 is 1.10 bits per heavy atom. The molecular weight excluding hydrogens is 262 g/mol. The molecule has 1 aromatic carbocycles. The topological polar surface area (TPSA) is 36.7 Å². The maximum atomic E-state index is 4.68. The fourth-order valence-corrected chi connectivity index (χ4v) is 2.25. The zero-order chi connectivity index (χ0) is 15.2. The van der Waals surface area contributed by atoms with Gasteiger partial charge in [-0.05, 0) is 17.2 Å². The number of hydrogen-bond acceptors (Lipinski definition) is 2. The van der Waals surface area contributed by atoms with Crippen molar-refractivity contribution in [2.75, 3.05) is 28.2 Å². The summed E-state index contributed by atoms with van der Waals surface area (Å²) in [5.41, 5.74) is 2.45. The predicted molar refractivity (Wildman–Crippen MR) is 86.3 cm³/mol. The Bertz CT molecular complexity index is 574. The predicted octanol–water partition coefficient (Wildman–Crippen LogP) is 1.91. The second kappa shape index (κ2) is 6.92. The van der Waals surface area contributed by atoms with Gasteiger partial charge in [-0.15, -0.1) is 0 Å². The molecule has 1 aromatic heterocycles. The smallest absolute Gasteiger partial charge is 0.195 e. The van der Waals surface area contributed by atoms with Crippen molar-refractivity contribution in [1.82, 2.24) is 19.6 Å². The Hall–Kier alpha value is -2.30. The molecule has 0 aliphatic carbocycles. The zero-order valence-electron chi connectivity index (χ0n) is 13.2. The number of benzene rings is 1. The lowest BCUT2D eigenvalue weighted by Gasteiger charge is -2.22. The second-order valence-corrected chi connectivity index (χ2v) is 5.43. The molecule has 0 amide bonds. The lowest BCUT2D eigenvalue weighted by molar-refractivity contribution is 0.479. The summed E-state index contributed by atoms with van der Waals surface area (Å²) in [7, 11) is 8.03.